The van der Waals surface area contributed by atoms with Crippen LogP contribution in [0.4, 0.5) is 10.1 Å². The second-order valence-electron chi connectivity index (χ2n) is 6.35. The minimum absolute atomic E-state index is 0.105. The number of aromatic nitrogens is 3. The van der Waals surface area contributed by atoms with E-state index in [2.05, 4.69) is 27.4 Å². The van der Waals surface area contributed by atoms with Crippen molar-refractivity contribution in [1.82, 2.24) is 15.2 Å². The van der Waals surface area contributed by atoms with Gasteiger partial charge in [-0.1, -0.05) is 11.8 Å². The monoisotopic (exact) mass is 396 g/mol. The molecule has 0 aliphatic carbocycles. The molecule has 6 nitrogen and oxygen atoms in total. The Balaban J connectivity index is 1.42. The normalized spacial score (nSPS) is 11.1. The van der Waals surface area contributed by atoms with E-state index in [0.717, 1.165) is 33.9 Å². The van der Waals surface area contributed by atoms with E-state index in [4.69, 9.17) is 4.42 Å². The van der Waals surface area contributed by atoms with Crippen LogP contribution in [0.15, 0.2) is 52.1 Å². The molecule has 1 amide bonds. The summed E-state index contributed by atoms with van der Waals surface area (Å²) in [5.74, 6) is -0.0829. The molecule has 2 heterocycles. The quantitative estimate of drug-likeness (QED) is 0.478. The number of anilines is 1. The van der Waals surface area contributed by atoms with E-state index in [1.165, 1.54) is 29.8 Å². The van der Waals surface area contributed by atoms with Gasteiger partial charge in [0.15, 0.2) is 0 Å². The van der Waals surface area contributed by atoms with Gasteiger partial charge in [-0.05, 0) is 61.9 Å². The van der Waals surface area contributed by atoms with Crippen LogP contribution in [0.25, 0.3) is 22.4 Å². The lowest BCUT2D eigenvalue weighted by Gasteiger charge is -2.03. The summed E-state index contributed by atoms with van der Waals surface area (Å²) in [6.07, 6.45) is 0. The lowest BCUT2D eigenvalue weighted by molar-refractivity contribution is -0.113. The lowest BCUT2D eigenvalue weighted by Crippen LogP contribution is -2.13. The first-order chi connectivity index (χ1) is 13.5. The molecule has 0 aliphatic rings. The number of amides is 1. The van der Waals surface area contributed by atoms with Gasteiger partial charge in [-0.3, -0.25) is 4.79 Å². The number of aryl methyl sites for hydroxylation is 2. The van der Waals surface area contributed by atoms with Crippen molar-refractivity contribution in [3.8, 4) is 11.5 Å². The Bertz CT molecular complexity index is 1150. The Kier molecular flexibility index (Phi) is 4.87. The van der Waals surface area contributed by atoms with E-state index < -0.39 is 0 Å². The molecule has 2 N–H and O–H groups in total. The fraction of sp³-hybridized carbons (Fsp3) is 0.150. The molecule has 0 aliphatic heterocycles. The molecular formula is C20H17FN4O2S. The van der Waals surface area contributed by atoms with Gasteiger partial charge in [0.25, 0.3) is 5.22 Å². The van der Waals surface area contributed by atoms with Gasteiger partial charge in [-0.2, -0.15) is 0 Å². The molecule has 2 aromatic heterocycles. The number of hydrogen-bond acceptors (Lipinski definition) is 5. The number of halogens is 1. The zero-order valence-electron chi connectivity index (χ0n) is 15.2. The second-order valence-corrected chi connectivity index (χ2v) is 7.28. The molecule has 0 unspecified atom stereocenters. The van der Waals surface area contributed by atoms with Crippen molar-refractivity contribution in [2.24, 2.45) is 0 Å². The number of thioether (sulfide) groups is 1. The van der Waals surface area contributed by atoms with Crippen LogP contribution in [0, 0.1) is 19.7 Å². The van der Waals surface area contributed by atoms with E-state index in [1.807, 2.05) is 25.1 Å². The van der Waals surface area contributed by atoms with Crippen LogP contribution in [0.5, 0.6) is 0 Å². The molecule has 0 saturated heterocycles. The van der Waals surface area contributed by atoms with Crippen LogP contribution >= 0.6 is 11.8 Å². The number of hydrogen-bond donors (Lipinski definition) is 2. The Hall–Kier alpha value is -3.13. The first-order valence-electron chi connectivity index (χ1n) is 8.60. The minimum Gasteiger partial charge on any atom is -0.411 e. The molecule has 142 valence electrons. The summed E-state index contributed by atoms with van der Waals surface area (Å²) in [6.45, 7) is 4.10. The van der Waals surface area contributed by atoms with Crippen molar-refractivity contribution >= 4 is 34.3 Å². The number of carbonyl (C=O) groups is 1. The van der Waals surface area contributed by atoms with E-state index in [0.29, 0.717) is 16.8 Å². The average molecular weight is 396 g/mol. The van der Waals surface area contributed by atoms with E-state index in [-0.39, 0.29) is 17.5 Å². The van der Waals surface area contributed by atoms with Gasteiger partial charge in [-0.15, -0.1) is 10.2 Å². The Morgan fingerprint density at radius 1 is 1.18 bits per heavy atom. The van der Waals surface area contributed by atoms with Gasteiger partial charge >= 0.3 is 0 Å². The average Bonchev–Trinajstić information content (AvgIpc) is 3.27. The molecule has 0 fully saturated rings. The topological polar surface area (TPSA) is 83.8 Å². The highest BCUT2D eigenvalue weighted by molar-refractivity contribution is 7.99. The lowest BCUT2D eigenvalue weighted by atomic mass is 10.1. The van der Waals surface area contributed by atoms with Crippen LogP contribution < -0.4 is 5.32 Å². The molecule has 0 saturated carbocycles. The number of benzene rings is 2. The van der Waals surface area contributed by atoms with Crippen LogP contribution in [-0.4, -0.2) is 26.8 Å². The molecule has 4 aromatic rings. The summed E-state index contributed by atoms with van der Waals surface area (Å²) in [6, 6.07) is 11.5. The molecule has 0 radical (unpaired) electrons. The van der Waals surface area contributed by atoms with Crippen molar-refractivity contribution in [1.29, 1.82) is 0 Å². The molecule has 8 heteroatoms. The van der Waals surface area contributed by atoms with Gasteiger partial charge in [-0.25, -0.2) is 4.39 Å². The predicted octanol–water partition coefficient (Wildman–Crippen LogP) is 4.70. The third-order valence-corrected chi connectivity index (χ3v) is 5.23. The fourth-order valence-electron chi connectivity index (χ4n) is 2.84. The summed E-state index contributed by atoms with van der Waals surface area (Å²) in [7, 11) is 0. The first-order valence-corrected chi connectivity index (χ1v) is 9.59. The van der Waals surface area contributed by atoms with Gasteiger partial charge in [0.1, 0.15) is 5.82 Å². The maximum absolute atomic E-state index is 12.9. The Morgan fingerprint density at radius 2 is 1.96 bits per heavy atom. The molecule has 2 aromatic carbocycles. The van der Waals surface area contributed by atoms with Crippen LogP contribution in [0.3, 0.4) is 0 Å². The Morgan fingerprint density at radius 3 is 2.75 bits per heavy atom. The number of nitrogens with one attached hydrogen (secondary N) is 2. The first kappa shape index (κ1) is 18.2. The third kappa shape index (κ3) is 3.77. The molecule has 0 atom stereocenters. The number of rotatable bonds is 5. The largest absolute Gasteiger partial charge is 0.411 e. The van der Waals surface area contributed by atoms with Crippen molar-refractivity contribution < 1.29 is 13.6 Å². The highest BCUT2D eigenvalue weighted by atomic mass is 32.2. The van der Waals surface area contributed by atoms with Crippen LogP contribution in [0.1, 0.15) is 11.3 Å². The van der Waals surface area contributed by atoms with Gasteiger partial charge < -0.3 is 14.7 Å². The smallest absolute Gasteiger partial charge is 0.277 e. The fourth-order valence-corrected chi connectivity index (χ4v) is 3.40. The van der Waals surface area contributed by atoms with E-state index >= 15 is 0 Å². The second kappa shape index (κ2) is 7.47. The maximum atomic E-state index is 12.9. The highest BCUT2D eigenvalue weighted by Gasteiger charge is 2.13. The molecule has 28 heavy (non-hydrogen) atoms. The van der Waals surface area contributed by atoms with Crippen molar-refractivity contribution in [3.63, 3.8) is 0 Å². The zero-order chi connectivity index (χ0) is 19.7. The minimum atomic E-state index is -0.353. The number of H-pyrrole nitrogens is 1. The highest BCUT2D eigenvalue weighted by Crippen LogP contribution is 2.28. The van der Waals surface area contributed by atoms with Crippen molar-refractivity contribution in [3.05, 3.63) is 59.5 Å². The van der Waals surface area contributed by atoms with Crippen molar-refractivity contribution in [2.75, 3.05) is 11.1 Å². The Labute approximate surface area is 164 Å². The summed E-state index contributed by atoms with van der Waals surface area (Å²) >= 11 is 1.14. The van der Waals surface area contributed by atoms with Gasteiger partial charge in [0.05, 0.1) is 5.75 Å². The summed E-state index contributed by atoms with van der Waals surface area (Å²) < 4.78 is 18.6. The van der Waals surface area contributed by atoms with Gasteiger partial charge in [0.2, 0.25) is 11.8 Å². The molecule has 0 bridgehead atoms. The van der Waals surface area contributed by atoms with Crippen LogP contribution in [0.2, 0.25) is 0 Å². The maximum Gasteiger partial charge on any atom is 0.277 e. The summed E-state index contributed by atoms with van der Waals surface area (Å²) in [5.41, 5.74) is 4.73. The van der Waals surface area contributed by atoms with E-state index in [9.17, 15) is 9.18 Å². The van der Waals surface area contributed by atoms with E-state index in [1.54, 1.807) is 0 Å². The number of aromatic amines is 1. The van der Waals surface area contributed by atoms with Crippen LogP contribution in [-0.2, 0) is 4.79 Å². The molecular weight excluding hydrogens is 379 g/mol. The SMILES string of the molecule is Cc1[nH]c2ccc(-c3nnc(SCC(=O)Nc4ccc(F)cc4)o3)cc2c1C. The number of nitrogens with zero attached hydrogens (tertiary/aromatic N) is 2. The predicted molar refractivity (Wildman–Crippen MR) is 107 cm³/mol. The molecule has 4 rings (SSSR count). The van der Waals surface area contributed by atoms with Gasteiger partial charge in [0, 0.05) is 27.8 Å². The summed E-state index contributed by atoms with van der Waals surface area (Å²) in [4.78, 5) is 15.3. The zero-order valence-corrected chi connectivity index (χ0v) is 16.1. The van der Waals surface area contributed by atoms with Crippen molar-refractivity contribution in [2.45, 2.75) is 19.1 Å². The number of fused-ring (bicyclic) bond motifs is 1. The standard InChI is InChI=1S/C20H17FN4O2S/c1-11-12(2)22-17-8-3-13(9-16(11)17)19-24-25-20(27-19)28-10-18(26)23-15-6-4-14(21)5-7-15/h3-9,22H,10H2,1-2H3,(H,23,26). The third-order valence-electron chi connectivity index (χ3n) is 4.42. The summed E-state index contributed by atoms with van der Waals surface area (Å²) in [5, 5.41) is 12.2. The molecule has 0 spiro atoms. The number of carbonyl (C=O) groups excluding carboxylic acids is 1.